The maximum Gasteiger partial charge on any atom is 0.293 e. The van der Waals surface area contributed by atoms with Crippen LogP contribution in [-0.2, 0) is 4.79 Å². The Balaban J connectivity index is 1.61. The van der Waals surface area contributed by atoms with Crippen LogP contribution in [0, 0.1) is 5.92 Å². The van der Waals surface area contributed by atoms with Gasteiger partial charge in [0.2, 0.25) is 0 Å². The van der Waals surface area contributed by atoms with E-state index in [-0.39, 0.29) is 11.1 Å². The van der Waals surface area contributed by atoms with Crippen LogP contribution >= 0.6 is 11.8 Å². The van der Waals surface area contributed by atoms with E-state index < -0.39 is 0 Å². The largest absolute Gasteiger partial charge is 0.497 e. The van der Waals surface area contributed by atoms with Crippen LogP contribution in [0.5, 0.6) is 5.75 Å². The first-order chi connectivity index (χ1) is 12.2. The van der Waals surface area contributed by atoms with E-state index >= 15 is 0 Å². The summed E-state index contributed by atoms with van der Waals surface area (Å²) in [7, 11) is 1.63. The van der Waals surface area contributed by atoms with Gasteiger partial charge in [0.15, 0.2) is 0 Å². The molecule has 0 bridgehead atoms. The molecule has 1 aliphatic carbocycles. The third kappa shape index (κ3) is 4.54. The highest BCUT2D eigenvalue weighted by atomic mass is 32.2. The Morgan fingerprint density at radius 3 is 2.56 bits per heavy atom. The summed E-state index contributed by atoms with van der Waals surface area (Å²) in [5.41, 5.74) is 1.01. The van der Waals surface area contributed by atoms with E-state index in [1.54, 1.807) is 13.2 Å². The number of nitrogens with zero attached hydrogens (tertiary/aromatic N) is 1. The number of rotatable bonds is 5. The molecule has 0 radical (unpaired) electrons. The molecule has 132 valence electrons. The monoisotopic (exact) mass is 357 g/mol. The summed E-state index contributed by atoms with van der Waals surface area (Å²) in [5.74, 6) is 1.12. The number of amides is 2. The number of ether oxygens (including phenoxy) is 1. The first kappa shape index (κ1) is 17.8. The van der Waals surface area contributed by atoms with E-state index in [4.69, 9.17) is 4.74 Å². The van der Waals surface area contributed by atoms with Gasteiger partial charge in [0, 0.05) is 6.54 Å². The summed E-state index contributed by atoms with van der Waals surface area (Å²) in [4.78, 5) is 26.6. The minimum Gasteiger partial charge on any atom is -0.497 e. The molecule has 0 spiro atoms. The summed E-state index contributed by atoms with van der Waals surface area (Å²) in [6, 6.07) is 7.66. The summed E-state index contributed by atoms with van der Waals surface area (Å²) in [6.45, 7) is 0.574. The lowest BCUT2D eigenvalue weighted by molar-refractivity contribution is -0.123. The second-order valence-corrected chi connectivity index (χ2v) is 7.44. The molecule has 0 aromatic heterocycles. The van der Waals surface area contributed by atoms with Crippen molar-refractivity contribution in [3.8, 4) is 5.75 Å². The minimum absolute atomic E-state index is 0.139. The molecule has 2 fully saturated rings. The van der Waals surface area contributed by atoms with E-state index in [0.717, 1.165) is 35.9 Å². The van der Waals surface area contributed by atoms with E-state index in [0.29, 0.717) is 17.4 Å². The van der Waals surface area contributed by atoms with Crippen LogP contribution in [0.1, 0.15) is 37.7 Å². The van der Waals surface area contributed by atoms with Crippen molar-refractivity contribution in [3.63, 3.8) is 0 Å². The predicted molar refractivity (Wildman–Crippen MR) is 101 cm³/mol. The second kappa shape index (κ2) is 8.39. The zero-order valence-electron chi connectivity index (χ0n) is 14.4. The highest BCUT2D eigenvalue weighted by Crippen LogP contribution is 2.33. The van der Waals surface area contributed by atoms with E-state index in [9.17, 15) is 9.59 Å². The van der Waals surface area contributed by atoms with Crippen LogP contribution in [0.4, 0.5) is 4.79 Å². The van der Waals surface area contributed by atoms with Crippen LogP contribution in [0.3, 0.4) is 0 Å². The molecule has 0 unspecified atom stereocenters. The van der Waals surface area contributed by atoms with Crippen LogP contribution in [0.2, 0.25) is 0 Å². The first-order valence-corrected chi connectivity index (χ1v) is 9.55. The molecule has 1 aromatic carbocycles. The van der Waals surface area contributed by atoms with Crippen molar-refractivity contribution in [2.75, 3.05) is 13.7 Å². The molecule has 1 aliphatic heterocycles. The van der Waals surface area contributed by atoms with Crippen LogP contribution < -0.4 is 4.74 Å². The number of allylic oxidation sites excluding steroid dienone is 2. The van der Waals surface area contributed by atoms with Gasteiger partial charge in [-0.2, -0.15) is 0 Å². The van der Waals surface area contributed by atoms with Crippen LogP contribution in [-0.4, -0.2) is 29.7 Å². The number of imide groups is 1. The van der Waals surface area contributed by atoms with E-state index in [2.05, 4.69) is 0 Å². The van der Waals surface area contributed by atoms with E-state index in [1.807, 2.05) is 36.4 Å². The Labute approximate surface area is 152 Å². The van der Waals surface area contributed by atoms with Crippen molar-refractivity contribution < 1.29 is 14.3 Å². The van der Waals surface area contributed by atoms with Crippen molar-refractivity contribution in [1.82, 2.24) is 4.90 Å². The second-order valence-electron chi connectivity index (χ2n) is 6.45. The quantitative estimate of drug-likeness (QED) is 0.706. The van der Waals surface area contributed by atoms with Crippen LogP contribution in [0.15, 0.2) is 41.3 Å². The van der Waals surface area contributed by atoms with Gasteiger partial charge in [0.25, 0.3) is 11.1 Å². The molecule has 3 rings (SSSR count). The third-order valence-electron chi connectivity index (χ3n) is 4.69. The van der Waals surface area contributed by atoms with Crippen molar-refractivity contribution >= 4 is 29.0 Å². The third-order valence-corrected chi connectivity index (χ3v) is 5.62. The van der Waals surface area contributed by atoms with Gasteiger partial charge in [-0.05, 0) is 54.3 Å². The number of carbonyl (C=O) groups is 2. The van der Waals surface area contributed by atoms with Gasteiger partial charge < -0.3 is 4.74 Å². The van der Waals surface area contributed by atoms with Crippen LogP contribution in [0.25, 0.3) is 6.08 Å². The number of hydrogen-bond acceptors (Lipinski definition) is 4. The highest BCUT2D eigenvalue weighted by Gasteiger charge is 2.36. The molecular weight excluding hydrogens is 334 g/mol. The van der Waals surface area contributed by atoms with Crippen molar-refractivity contribution in [2.45, 2.75) is 32.1 Å². The maximum atomic E-state index is 12.5. The highest BCUT2D eigenvalue weighted by molar-refractivity contribution is 8.18. The molecule has 0 atom stereocenters. The Hall–Kier alpha value is -2.01. The fraction of sp³-hybridized carbons (Fsp3) is 0.400. The molecule has 0 N–H and O–H groups in total. The molecule has 2 amide bonds. The number of thioether (sulfide) groups is 1. The number of hydrogen-bond donors (Lipinski definition) is 0. The molecule has 4 nitrogen and oxygen atoms in total. The molecule has 1 saturated heterocycles. The fourth-order valence-electron chi connectivity index (χ4n) is 3.26. The van der Waals surface area contributed by atoms with Gasteiger partial charge in [0.05, 0.1) is 12.0 Å². The smallest absolute Gasteiger partial charge is 0.293 e. The summed E-state index contributed by atoms with van der Waals surface area (Å²) < 4.78 is 5.13. The first-order valence-electron chi connectivity index (χ1n) is 8.73. The number of carbonyl (C=O) groups excluding carboxylic acids is 2. The molecule has 25 heavy (non-hydrogen) atoms. The molecule has 1 heterocycles. The Kier molecular flexibility index (Phi) is 5.97. The summed E-state index contributed by atoms with van der Waals surface area (Å²) in [6.07, 6.45) is 11.4. The molecule has 1 aromatic rings. The zero-order valence-corrected chi connectivity index (χ0v) is 15.3. The van der Waals surface area contributed by atoms with Crippen molar-refractivity contribution in [3.05, 3.63) is 46.9 Å². The van der Waals surface area contributed by atoms with E-state index in [1.165, 1.54) is 24.2 Å². The van der Waals surface area contributed by atoms with Gasteiger partial charge >= 0.3 is 0 Å². The molecular formula is C20H23NO3S. The standard InChI is InChI=1S/C20H23NO3S/c1-24-17-12-10-15(11-13-17)8-5-9-18-19(22)21(20(23)25-18)14-16-6-3-2-4-7-16/h5,8-13,16H,2-4,6-7,14H2,1H3/b8-5+,18-9+. The topological polar surface area (TPSA) is 46.6 Å². The molecule has 2 aliphatic rings. The SMILES string of the molecule is COc1ccc(/C=C/C=C2/SC(=O)N(CC3CCCCC3)C2=O)cc1. The predicted octanol–water partition coefficient (Wildman–Crippen LogP) is 4.87. The summed E-state index contributed by atoms with van der Waals surface area (Å²) in [5, 5.41) is -0.139. The lowest BCUT2D eigenvalue weighted by Gasteiger charge is -2.25. The fourth-order valence-corrected chi connectivity index (χ4v) is 4.06. The van der Waals surface area contributed by atoms with Crippen molar-refractivity contribution in [1.29, 1.82) is 0 Å². The normalized spacial score (nSPS) is 20.8. The minimum atomic E-state index is -0.153. The number of methoxy groups -OCH3 is 1. The molecule has 1 saturated carbocycles. The lowest BCUT2D eigenvalue weighted by Crippen LogP contribution is -2.34. The Bertz CT molecular complexity index is 687. The van der Waals surface area contributed by atoms with Gasteiger partial charge in [-0.15, -0.1) is 0 Å². The number of benzene rings is 1. The van der Waals surface area contributed by atoms with Gasteiger partial charge in [-0.25, -0.2) is 0 Å². The lowest BCUT2D eigenvalue weighted by atomic mass is 9.89. The molecule has 5 heteroatoms. The average molecular weight is 357 g/mol. The summed E-state index contributed by atoms with van der Waals surface area (Å²) >= 11 is 1.04. The van der Waals surface area contributed by atoms with Gasteiger partial charge in [-0.3, -0.25) is 14.5 Å². The Morgan fingerprint density at radius 1 is 1.16 bits per heavy atom. The van der Waals surface area contributed by atoms with Crippen molar-refractivity contribution in [2.24, 2.45) is 5.92 Å². The average Bonchev–Trinajstić information content (AvgIpc) is 2.91. The Morgan fingerprint density at radius 2 is 1.88 bits per heavy atom. The maximum absolute atomic E-state index is 12.5. The zero-order chi connectivity index (χ0) is 17.6. The van der Waals surface area contributed by atoms with Gasteiger partial charge in [-0.1, -0.05) is 43.5 Å². The van der Waals surface area contributed by atoms with Gasteiger partial charge in [0.1, 0.15) is 5.75 Å².